The van der Waals surface area contributed by atoms with Crippen molar-refractivity contribution in [1.29, 1.82) is 0 Å². The smallest absolute Gasteiger partial charge is 0.243 e. The van der Waals surface area contributed by atoms with Crippen molar-refractivity contribution in [3.63, 3.8) is 0 Å². The van der Waals surface area contributed by atoms with Crippen molar-refractivity contribution in [3.8, 4) is 5.69 Å². The molecule has 3 heterocycles. The minimum Gasteiger partial charge on any atom is -0.353 e. The van der Waals surface area contributed by atoms with Gasteiger partial charge in [-0.2, -0.15) is 9.40 Å². The number of fused-ring (bicyclic) bond motifs is 1. The highest BCUT2D eigenvalue weighted by atomic mass is 32.2. The zero-order chi connectivity index (χ0) is 26.1. The van der Waals surface area contributed by atoms with Gasteiger partial charge in [-0.3, -0.25) is 0 Å². The van der Waals surface area contributed by atoms with Gasteiger partial charge in [-0.25, -0.2) is 27.5 Å². The lowest BCUT2D eigenvalue weighted by Gasteiger charge is -2.35. The zero-order valence-corrected chi connectivity index (χ0v) is 21.3. The van der Waals surface area contributed by atoms with Crippen molar-refractivity contribution >= 4 is 26.9 Å². The van der Waals surface area contributed by atoms with Crippen molar-refractivity contribution in [2.75, 3.05) is 31.1 Å². The lowest BCUT2D eigenvalue weighted by Crippen LogP contribution is -2.49. The van der Waals surface area contributed by atoms with Gasteiger partial charge in [-0.1, -0.05) is 48.5 Å². The molecule has 38 heavy (non-hydrogen) atoms. The van der Waals surface area contributed by atoms with E-state index in [-0.39, 0.29) is 18.0 Å². The molecule has 1 aliphatic heterocycles. The lowest BCUT2D eigenvalue weighted by molar-refractivity contribution is 0.384. The molecule has 1 fully saturated rings. The van der Waals surface area contributed by atoms with Crippen LogP contribution in [-0.2, 0) is 16.4 Å². The van der Waals surface area contributed by atoms with Crippen LogP contribution in [0, 0.1) is 5.82 Å². The van der Waals surface area contributed by atoms with Gasteiger partial charge in [-0.15, -0.1) is 0 Å². The van der Waals surface area contributed by atoms with Gasteiger partial charge in [0.1, 0.15) is 17.5 Å². The first-order chi connectivity index (χ1) is 18.5. The summed E-state index contributed by atoms with van der Waals surface area (Å²) >= 11 is 0. The molecule has 0 spiro atoms. The third kappa shape index (κ3) is 4.64. The van der Waals surface area contributed by atoms with Crippen molar-refractivity contribution in [1.82, 2.24) is 24.1 Å². The molecule has 0 unspecified atom stereocenters. The summed E-state index contributed by atoms with van der Waals surface area (Å²) in [5.41, 5.74) is 2.69. The number of para-hydroxylation sites is 1. The molecule has 3 aromatic carbocycles. The molecule has 0 N–H and O–H groups in total. The second kappa shape index (κ2) is 9.96. The Kier molecular flexibility index (Phi) is 6.34. The SMILES string of the molecule is O=S(=O)(c1ccc(F)cc1)N1CCN(c2nc(Cc3ccccc3)nc3c2cnn3-c2ccccc2)CC1. The summed E-state index contributed by atoms with van der Waals surface area (Å²) in [4.78, 5) is 12.0. The molecular weight excluding hydrogens is 503 g/mol. The van der Waals surface area contributed by atoms with E-state index in [1.54, 1.807) is 6.20 Å². The van der Waals surface area contributed by atoms with Gasteiger partial charge in [0.15, 0.2) is 5.65 Å². The fourth-order valence-electron chi connectivity index (χ4n) is 4.69. The molecule has 6 rings (SSSR count). The molecule has 1 saturated heterocycles. The summed E-state index contributed by atoms with van der Waals surface area (Å²) in [5.74, 6) is 0.934. The summed E-state index contributed by atoms with van der Waals surface area (Å²) in [6.07, 6.45) is 2.33. The van der Waals surface area contributed by atoms with E-state index in [1.165, 1.54) is 28.6 Å². The standard InChI is InChI=1S/C28H25FN6O2S/c29-22-11-13-24(14-12-22)38(36,37)34-17-15-33(16-18-34)27-25-20-30-35(23-9-5-2-6-10-23)28(25)32-26(31-27)19-21-7-3-1-4-8-21/h1-14,20H,15-19H2. The molecule has 0 atom stereocenters. The van der Waals surface area contributed by atoms with Crippen molar-refractivity contribution in [2.45, 2.75) is 11.3 Å². The molecular formula is C28H25FN6O2S. The second-order valence-electron chi connectivity index (χ2n) is 9.10. The fourth-order valence-corrected chi connectivity index (χ4v) is 6.11. The maximum Gasteiger partial charge on any atom is 0.243 e. The summed E-state index contributed by atoms with van der Waals surface area (Å²) in [7, 11) is -3.72. The fraction of sp³-hybridized carbons (Fsp3) is 0.179. The maximum atomic E-state index is 13.3. The third-order valence-electron chi connectivity index (χ3n) is 6.65. The summed E-state index contributed by atoms with van der Waals surface area (Å²) in [6, 6.07) is 24.8. The summed E-state index contributed by atoms with van der Waals surface area (Å²) in [6.45, 7) is 1.47. The number of aromatic nitrogens is 4. The Labute approximate surface area is 220 Å². The normalized spacial score (nSPS) is 14.7. The van der Waals surface area contributed by atoms with E-state index in [9.17, 15) is 12.8 Å². The second-order valence-corrected chi connectivity index (χ2v) is 11.0. The van der Waals surface area contributed by atoms with E-state index < -0.39 is 15.8 Å². The predicted molar refractivity (Wildman–Crippen MR) is 143 cm³/mol. The molecule has 0 amide bonds. The monoisotopic (exact) mass is 528 g/mol. The Bertz CT molecular complexity index is 1670. The van der Waals surface area contributed by atoms with Crippen molar-refractivity contribution in [2.24, 2.45) is 0 Å². The maximum absolute atomic E-state index is 13.3. The zero-order valence-electron chi connectivity index (χ0n) is 20.5. The first kappa shape index (κ1) is 24.2. The highest BCUT2D eigenvalue weighted by Gasteiger charge is 2.30. The number of piperazine rings is 1. The molecule has 2 aromatic heterocycles. The van der Waals surface area contributed by atoms with Crippen LogP contribution in [0.25, 0.3) is 16.7 Å². The molecule has 1 aliphatic rings. The van der Waals surface area contributed by atoms with Gasteiger partial charge in [0.2, 0.25) is 10.0 Å². The predicted octanol–water partition coefficient (Wildman–Crippen LogP) is 4.06. The van der Waals surface area contributed by atoms with E-state index in [4.69, 9.17) is 9.97 Å². The molecule has 192 valence electrons. The quantitative estimate of drug-likeness (QED) is 0.331. The number of hydrogen-bond acceptors (Lipinski definition) is 6. The van der Waals surface area contributed by atoms with Gasteiger partial charge in [0, 0.05) is 32.6 Å². The Morgan fingerprint density at radius 1 is 0.789 bits per heavy atom. The van der Waals surface area contributed by atoms with Crippen LogP contribution in [0.5, 0.6) is 0 Å². The van der Waals surface area contributed by atoms with Gasteiger partial charge in [-0.05, 0) is 42.0 Å². The Morgan fingerprint density at radius 2 is 1.45 bits per heavy atom. The van der Waals surface area contributed by atoms with Gasteiger partial charge in [0.05, 0.1) is 22.2 Å². The van der Waals surface area contributed by atoms with E-state index in [1.807, 2.05) is 65.3 Å². The average Bonchev–Trinajstić information content (AvgIpc) is 3.38. The van der Waals surface area contributed by atoms with Gasteiger partial charge >= 0.3 is 0 Å². The van der Waals surface area contributed by atoms with Crippen LogP contribution in [0.4, 0.5) is 10.2 Å². The van der Waals surface area contributed by atoms with E-state index in [0.717, 1.165) is 22.5 Å². The molecule has 0 bridgehead atoms. The molecule has 0 saturated carbocycles. The van der Waals surface area contributed by atoms with Crippen LogP contribution in [0.1, 0.15) is 11.4 Å². The Morgan fingerprint density at radius 3 is 2.13 bits per heavy atom. The molecule has 5 aromatic rings. The van der Waals surface area contributed by atoms with E-state index in [0.29, 0.717) is 31.0 Å². The largest absolute Gasteiger partial charge is 0.353 e. The van der Waals surface area contributed by atoms with Crippen LogP contribution in [-0.4, -0.2) is 58.7 Å². The van der Waals surface area contributed by atoms with Crippen molar-refractivity contribution < 1.29 is 12.8 Å². The molecule has 0 aliphatic carbocycles. The Hall–Kier alpha value is -4.15. The number of nitrogens with zero attached hydrogens (tertiary/aromatic N) is 6. The van der Waals surface area contributed by atoms with Crippen LogP contribution >= 0.6 is 0 Å². The highest BCUT2D eigenvalue weighted by molar-refractivity contribution is 7.89. The average molecular weight is 529 g/mol. The topological polar surface area (TPSA) is 84.2 Å². The minimum atomic E-state index is -3.72. The van der Waals surface area contributed by atoms with Crippen LogP contribution in [0.3, 0.4) is 0 Å². The number of sulfonamides is 1. The number of anilines is 1. The molecule has 0 radical (unpaired) electrons. The molecule has 8 nitrogen and oxygen atoms in total. The third-order valence-corrected chi connectivity index (χ3v) is 8.56. The number of hydrogen-bond donors (Lipinski definition) is 0. The number of rotatable bonds is 6. The highest BCUT2D eigenvalue weighted by Crippen LogP contribution is 2.28. The molecule has 10 heteroatoms. The summed E-state index contributed by atoms with van der Waals surface area (Å²) in [5, 5.41) is 5.43. The number of benzene rings is 3. The minimum absolute atomic E-state index is 0.0889. The first-order valence-electron chi connectivity index (χ1n) is 12.3. The summed E-state index contributed by atoms with van der Waals surface area (Å²) < 4.78 is 42.8. The van der Waals surface area contributed by atoms with E-state index >= 15 is 0 Å². The van der Waals surface area contributed by atoms with Crippen LogP contribution in [0.15, 0.2) is 96.0 Å². The van der Waals surface area contributed by atoms with Crippen LogP contribution in [0.2, 0.25) is 0 Å². The lowest BCUT2D eigenvalue weighted by atomic mass is 10.1. The van der Waals surface area contributed by atoms with Gasteiger partial charge < -0.3 is 4.90 Å². The van der Waals surface area contributed by atoms with E-state index in [2.05, 4.69) is 10.00 Å². The number of halogens is 1. The Balaban J connectivity index is 1.33. The van der Waals surface area contributed by atoms with Crippen molar-refractivity contribution in [3.05, 3.63) is 108 Å². The first-order valence-corrected chi connectivity index (χ1v) is 13.8. The van der Waals surface area contributed by atoms with Gasteiger partial charge in [0.25, 0.3) is 0 Å². The van der Waals surface area contributed by atoms with Crippen LogP contribution < -0.4 is 4.90 Å².